The lowest BCUT2D eigenvalue weighted by molar-refractivity contribution is 0.0620. The topological polar surface area (TPSA) is 67.6 Å². The Morgan fingerprint density at radius 2 is 1.80 bits per heavy atom. The van der Waals surface area contributed by atoms with Crippen LogP contribution in [0.5, 0.6) is 11.5 Å². The van der Waals surface area contributed by atoms with Gasteiger partial charge in [-0.15, -0.1) is 0 Å². The smallest absolute Gasteiger partial charge is 0.251 e. The summed E-state index contributed by atoms with van der Waals surface area (Å²) in [5.74, 6) is 1.89. The van der Waals surface area contributed by atoms with Gasteiger partial charge < -0.3 is 20.7 Å². The number of para-hydroxylation sites is 2. The molecule has 3 heterocycles. The largest absolute Gasteiger partial charge is 0.455 e. The number of amides is 1. The molecule has 25 heavy (non-hydrogen) atoms. The number of nitrogens with two attached hydrogens (primary N) is 1. The number of nitrogens with zero attached hydrogens (tertiary/aromatic N) is 1. The molecular weight excluding hydrogens is 314 g/mol. The minimum absolute atomic E-state index is 0.00970. The van der Waals surface area contributed by atoms with Gasteiger partial charge in [-0.3, -0.25) is 4.79 Å². The van der Waals surface area contributed by atoms with Gasteiger partial charge in [-0.1, -0.05) is 12.1 Å². The number of fused-ring (bicyclic) bond motifs is 3. The molecule has 2 aromatic carbocycles. The highest BCUT2D eigenvalue weighted by Crippen LogP contribution is 2.29. The summed E-state index contributed by atoms with van der Waals surface area (Å²) in [6.07, 6.45) is 2.38. The molecule has 0 aromatic heterocycles. The minimum Gasteiger partial charge on any atom is -0.455 e. The Labute approximate surface area is 147 Å². The summed E-state index contributed by atoms with van der Waals surface area (Å²) in [5, 5.41) is 3.20. The van der Waals surface area contributed by atoms with E-state index < -0.39 is 0 Å². The third kappa shape index (κ3) is 3.46. The fourth-order valence-corrected chi connectivity index (χ4v) is 3.76. The predicted octanol–water partition coefficient (Wildman–Crippen LogP) is 2.89. The van der Waals surface area contributed by atoms with Crippen molar-refractivity contribution < 1.29 is 9.53 Å². The zero-order valence-electron chi connectivity index (χ0n) is 14.2. The number of nitrogens with one attached hydrogen (secondary N) is 1. The maximum atomic E-state index is 12.5. The lowest BCUT2D eigenvalue weighted by Gasteiger charge is -2.44. The first kappa shape index (κ1) is 16.0. The Morgan fingerprint density at radius 1 is 1.08 bits per heavy atom. The Kier molecular flexibility index (Phi) is 4.32. The van der Waals surface area contributed by atoms with E-state index in [9.17, 15) is 4.79 Å². The third-order valence-electron chi connectivity index (χ3n) is 5.24. The summed E-state index contributed by atoms with van der Waals surface area (Å²) in [7, 11) is 0. The maximum absolute atomic E-state index is 12.5. The van der Waals surface area contributed by atoms with Gasteiger partial charge in [0.05, 0.1) is 5.69 Å². The van der Waals surface area contributed by atoms with Crippen molar-refractivity contribution in [3.8, 4) is 11.5 Å². The average Bonchev–Trinajstić information content (AvgIpc) is 2.65. The quantitative estimate of drug-likeness (QED) is 0.842. The molecule has 0 saturated carbocycles. The van der Waals surface area contributed by atoms with Gasteiger partial charge in [-0.2, -0.15) is 0 Å². The second-order valence-corrected chi connectivity index (χ2v) is 6.88. The van der Waals surface area contributed by atoms with Gasteiger partial charge in [0.1, 0.15) is 11.5 Å². The van der Waals surface area contributed by atoms with Crippen LogP contribution in [0.3, 0.4) is 0 Å². The van der Waals surface area contributed by atoms with E-state index in [4.69, 9.17) is 10.5 Å². The van der Waals surface area contributed by atoms with Crippen molar-refractivity contribution in [2.24, 2.45) is 5.92 Å². The summed E-state index contributed by atoms with van der Waals surface area (Å²) in [6, 6.07) is 14.8. The Morgan fingerprint density at radius 3 is 2.44 bits per heavy atom. The second kappa shape index (κ2) is 6.76. The Hall–Kier alpha value is -2.53. The number of hydrogen-bond acceptors (Lipinski definition) is 4. The van der Waals surface area contributed by atoms with Gasteiger partial charge >= 0.3 is 0 Å². The van der Waals surface area contributed by atoms with Gasteiger partial charge in [-0.05, 0) is 68.2 Å². The van der Waals surface area contributed by atoms with Crippen LogP contribution in [0.1, 0.15) is 23.2 Å². The molecule has 5 nitrogen and oxygen atoms in total. The van der Waals surface area contributed by atoms with Gasteiger partial charge in [-0.25, -0.2) is 0 Å². The lowest BCUT2D eigenvalue weighted by Crippen LogP contribution is -2.57. The zero-order valence-corrected chi connectivity index (χ0v) is 14.2. The highest BCUT2D eigenvalue weighted by atomic mass is 16.5. The zero-order chi connectivity index (χ0) is 17.2. The summed E-state index contributed by atoms with van der Waals surface area (Å²) >= 11 is 0. The van der Waals surface area contributed by atoms with Gasteiger partial charge in [0.25, 0.3) is 5.91 Å². The average molecular weight is 337 g/mol. The molecule has 3 fully saturated rings. The van der Waals surface area contributed by atoms with Gasteiger partial charge in [0.15, 0.2) is 0 Å². The van der Waals surface area contributed by atoms with Crippen LogP contribution in [0.4, 0.5) is 5.69 Å². The first-order chi connectivity index (χ1) is 12.2. The molecule has 3 aliphatic heterocycles. The monoisotopic (exact) mass is 337 g/mol. The number of carbonyl (C=O) groups excluding carboxylic acids is 1. The van der Waals surface area contributed by atoms with Crippen LogP contribution in [-0.4, -0.2) is 36.5 Å². The van der Waals surface area contributed by atoms with Crippen molar-refractivity contribution in [3.63, 3.8) is 0 Å². The van der Waals surface area contributed by atoms with E-state index in [0.717, 1.165) is 6.54 Å². The molecule has 0 aliphatic carbocycles. The fourth-order valence-electron chi connectivity index (χ4n) is 3.76. The van der Waals surface area contributed by atoms with Crippen molar-refractivity contribution in [1.82, 2.24) is 10.2 Å². The Bertz CT molecular complexity index is 752. The number of hydrogen-bond donors (Lipinski definition) is 2. The molecule has 3 N–H and O–H groups in total. The third-order valence-corrected chi connectivity index (χ3v) is 5.24. The molecule has 0 radical (unpaired) electrons. The first-order valence-electron chi connectivity index (χ1n) is 8.85. The number of carbonyl (C=O) groups is 1. The van der Waals surface area contributed by atoms with Crippen LogP contribution in [0.25, 0.3) is 0 Å². The van der Waals surface area contributed by atoms with Gasteiger partial charge in [0.2, 0.25) is 0 Å². The summed E-state index contributed by atoms with van der Waals surface area (Å²) in [6.45, 7) is 3.32. The van der Waals surface area contributed by atoms with Gasteiger partial charge in [0, 0.05) is 18.2 Å². The molecule has 2 bridgehead atoms. The van der Waals surface area contributed by atoms with Crippen LogP contribution < -0.4 is 15.8 Å². The molecule has 1 amide bonds. The number of ether oxygens (including phenoxy) is 1. The highest BCUT2D eigenvalue weighted by molar-refractivity contribution is 5.94. The molecule has 3 aliphatic rings. The van der Waals surface area contributed by atoms with Crippen LogP contribution in [0, 0.1) is 5.92 Å². The molecule has 5 rings (SSSR count). The van der Waals surface area contributed by atoms with Crippen LogP contribution in [0.15, 0.2) is 48.5 Å². The first-order valence-corrected chi connectivity index (χ1v) is 8.85. The van der Waals surface area contributed by atoms with Crippen molar-refractivity contribution >= 4 is 11.6 Å². The van der Waals surface area contributed by atoms with Crippen molar-refractivity contribution in [1.29, 1.82) is 0 Å². The summed E-state index contributed by atoms with van der Waals surface area (Å²) in [4.78, 5) is 15.0. The molecule has 1 atom stereocenters. The predicted molar refractivity (Wildman–Crippen MR) is 97.8 cm³/mol. The van der Waals surface area contributed by atoms with E-state index in [1.165, 1.54) is 25.9 Å². The van der Waals surface area contributed by atoms with Crippen LogP contribution in [0.2, 0.25) is 0 Å². The standard InChI is InChI=1S/C20H23N3O2/c21-17-3-1-2-4-19(17)25-16-7-5-15(6-8-16)20(24)22-18-13-23-11-9-14(18)10-12-23/h1-8,14,18H,9-13,21H2,(H,22,24). The number of rotatable bonds is 4. The molecule has 5 heteroatoms. The Balaban J connectivity index is 1.40. The number of anilines is 1. The van der Waals surface area contributed by atoms with E-state index in [1.807, 2.05) is 18.2 Å². The maximum Gasteiger partial charge on any atom is 0.251 e. The van der Waals surface area contributed by atoms with Crippen LogP contribution >= 0.6 is 0 Å². The van der Waals surface area contributed by atoms with E-state index >= 15 is 0 Å². The molecule has 0 spiro atoms. The number of benzene rings is 2. The SMILES string of the molecule is Nc1ccccc1Oc1ccc(C(=O)NC2CN3CCC2CC3)cc1. The van der Waals surface area contributed by atoms with Crippen molar-refractivity contribution in [2.45, 2.75) is 18.9 Å². The van der Waals surface area contributed by atoms with E-state index in [1.54, 1.807) is 30.3 Å². The van der Waals surface area contributed by atoms with Crippen molar-refractivity contribution in [2.75, 3.05) is 25.4 Å². The fraction of sp³-hybridized carbons (Fsp3) is 0.350. The van der Waals surface area contributed by atoms with E-state index in [0.29, 0.717) is 28.7 Å². The summed E-state index contributed by atoms with van der Waals surface area (Å²) < 4.78 is 5.77. The van der Waals surface area contributed by atoms with Crippen LogP contribution in [-0.2, 0) is 0 Å². The van der Waals surface area contributed by atoms with E-state index in [-0.39, 0.29) is 11.9 Å². The number of piperidine rings is 3. The summed E-state index contributed by atoms with van der Waals surface area (Å²) in [5.41, 5.74) is 7.13. The van der Waals surface area contributed by atoms with E-state index in [2.05, 4.69) is 10.2 Å². The molecule has 1 unspecified atom stereocenters. The lowest BCUT2D eigenvalue weighted by atomic mass is 9.84. The highest BCUT2D eigenvalue weighted by Gasteiger charge is 2.34. The molecule has 2 aromatic rings. The second-order valence-electron chi connectivity index (χ2n) is 6.88. The molecule has 130 valence electrons. The minimum atomic E-state index is -0.00970. The normalized spacial score (nSPS) is 24.7. The molecule has 3 saturated heterocycles. The van der Waals surface area contributed by atoms with Crippen molar-refractivity contribution in [3.05, 3.63) is 54.1 Å². The molecular formula is C20H23N3O2. The number of nitrogen functional groups attached to an aromatic ring is 1.